The summed E-state index contributed by atoms with van der Waals surface area (Å²) in [5.74, 6) is 2.71. The van der Waals surface area contributed by atoms with Crippen molar-refractivity contribution in [3.63, 3.8) is 0 Å². The summed E-state index contributed by atoms with van der Waals surface area (Å²) in [4.78, 5) is 13.2. The summed E-state index contributed by atoms with van der Waals surface area (Å²) >= 11 is 0. The van der Waals surface area contributed by atoms with E-state index in [2.05, 4.69) is 0 Å². The molecule has 0 spiro atoms. The van der Waals surface area contributed by atoms with E-state index in [1.54, 1.807) is 19.2 Å². The molecule has 158 valence electrons. The quantitative estimate of drug-likeness (QED) is 0.423. The Bertz CT molecular complexity index is 829. The fourth-order valence-corrected chi connectivity index (χ4v) is 3.75. The van der Waals surface area contributed by atoms with Crippen LogP contribution in [0.5, 0.6) is 28.7 Å². The molecule has 6 nitrogen and oxygen atoms in total. The van der Waals surface area contributed by atoms with Crippen molar-refractivity contribution in [3.05, 3.63) is 35.9 Å². The molecule has 0 bridgehead atoms. The van der Waals surface area contributed by atoms with Gasteiger partial charge in [-0.15, -0.1) is 0 Å². The van der Waals surface area contributed by atoms with Gasteiger partial charge < -0.3 is 23.7 Å². The summed E-state index contributed by atoms with van der Waals surface area (Å²) < 4.78 is 27.8. The van der Waals surface area contributed by atoms with Crippen molar-refractivity contribution in [1.29, 1.82) is 0 Å². The van der Waals surface area contributed by atoms with Crippen LogP contribution >= 0.6 is 8.58 Å². The number of ether oxygens (including phenoxy) is 5. The van der Waals surface area contributed by atoms with Crippen LogP contribution in [-0.4, -0.2) is 39.1 Å². The van der Waals surface area contributed by atoms with E-state index >= 15 is 0 Å². The summed E-state index contributed by atoms with van der Waals surface area (Å²) in [5, 5.41) is 0.791. The first-order chi connectivity index (χ1) is 13.8. The number of carbonyl (C=O) groups is 1. The number of rotatable bonds is 10. The van der Waals surface area contributed by atoms with E-state index in [9.17, 15) is 4.79 Å². The molecule has 0 aliphatic rings. The third-order valence-electron chi connectivity index (χ3n) is 3.88. The van der Waals surface area contributed by atoms with Crippen molar-refractivity contribution in [2.24, 2.45) is 0 Å². The molecule has 0 heterocycles. The maximum absolute atomic E-state index is 13.2. The molecule has 30 heavy (non-hydrogen) atoms. The van der Waals surface area contributed by atoms with E-state index in [0.717, 1.165) is 5.30 Å². The van der Waals surface area contributed by atoms with Gasteiger partial charge >= 0.3 is 18.9 Å². The average Bonchev–Trinajstić information content (AvgIpc) is 2.67. The zero-order valence-corrected chi connectivity index (χ0v) is 20.0. The maximum Gasteiger partial charge on any atom is 1.00 e. The van der Waals surface area contributed by atoms with Crippen LogP contribution in [0, 0.1) is 0 Å². The van der Waals surface area contributed by atoms with Crippen molar-refractivity contribution in [3.8, 4) is 28.7 Å². The third-order valence-corrected chi connectivity index (χ3v) is 5.04. The monoisotopic (exact) mass is 427 g/mol. The number of hydrogen-bond acceptors (Lipinski definition) is 6. The minimum absolute atomic E-state index is 0. The first-order valence-corrected chi connectivity index (χ1v) is 10.4. The van der Waals surface area contributed by atoms with E-state index in [1.807, 2.05) is 45.9 Å². The predicted octanol–water partition coefficient (Wildman–Crippen LogP) is 1.43. The van der Waals surface area contributed by atoms with Crippen LogP contribution in [0.15, 0.2) is 30.3 Å². The Morgan fingerprint density at radius 1 is 0.767 bits per heavy atom. The Morgan fingerprint density at radius 3 is 1.77 bits per heavy atom. The van der Waals surface area contributed by atoms with Gasteiger partial charge in [-0.1, -0.05) is 0 Å². The molecule has 0 amide bonds. The van der Waals surface area contributed by atoms with E-state index < -0.39 is 0 Å². The van der Waals surface area contributed by atoms with E-state index in [-0.39, 0.29) is 45.2 Å². The van der Waals surface area contributed by atoms with Crippen molar-refractivity contribution in [1.82, 2.24) is 0 Å². The number of benzene rings is 2. The molecule has 0 radical (unpaired) electrons. The zero-order valence-electron chi connectivity index (χ0n) is 19.0. The van der Waals surface area contributed by atoms with Gasteiger partial charge in [0, 0.05) is 23.5 Å². The van der Waals surface area contributed by atoms with Crippen molar-refractivity contribution >= 4 is 19.4 Å². The van der Waals surface area contributed by atoms with E-state index in [1.165, 1.54) is 14.2 Å². The maximum atomic E-state index is 13.2. The molecule has 0 fully saturated rings. The number of hydrogen-bond donors (Lipinski definition) is 0. The van der Waals surface area contributed by atoms with Crippen LogP contribution in [-0.2, 0) is 0 Å². The van der Waals surface area contributed by atoms with Gasteiger partial charge in [0.15, 0.2) is 5.52 Å². The molecular weight excluding hydrogens is 398 g/mol. The minimum Gasteiger partial charge on any atom is -0.496 e. The molecule has 0 saturated carbocycles. The van der Waals surface area contributed by atoms with E-state index in [0.29, 0.717) is 34.3 Å². The van der Waals surface area contributed by atoms with Crippen LogP contribution in [0.3, 0.4) is 0 Å². The van der Waals surface area contributed by atoms with Crippen LogP contribution in [0.2, 0.25) is 0 Å². The number of carbonyl (C=O) groups excluding carboxylic acids is 1. The fourth-order valence-electron chi connectivity index (χ4n) is 2.72. The Morgan fingerprint density at radius 2 is 1.30 bits per heavy atom. The molecule has 0 N–H and O–H groups in total. The second kappa shape index (κ2) is 12.1. The summed E-state index contributed by atoms with van der Waals surface area (Å²) in [6.07, 6.45) is 0.0117. The van der Waals surface area contributed by atoms with Gasteiger partial charge in [-0.3, -0.25) is 4.79 Å². The van der Waals surface area contributed by atoms with Gasteiger partial charge in [0.1, 0.15) is 34.3 Å². The zero-order chi connectivity index (χ0) is 21.6. The predicted molar refractivity (Wildman–Crippen MR) is 116 cm³/mol. The normalized spacial score (nSPS) is 10.8. The summed E-state index contributed by atoms with van der Waals surface area (Å²) in [6.45, 7) is 7.81. The summed E-state index contributed by atoms with van der Waals surface area (Å²) in [6, 6.07) is 8.90. The van der Waals surface area contributed by atoms with Gasteiger partial charge in [-0.05, 0) is 48.4 Å². The van der Waals surface area contributed by atoms with Crippen molar-refractivity contribution in [2.75, 3.05) is 21.3 Å². The molecule has 0 aromatic heterocycles. The largest absolute Gasteiger partial charge is 1.00 e. The third kappa shape index (κ3) is 6.84. The Labute approximate surface area is 192 Å². The molecule has 8 heteroatoms. The smallest absolute Gasteiger partial charge is 0.496 e. The van der Waals surface area contributed by atoms with Crippen LogP contribution in [0.25, 0.3) is 0 Å². The topological polar surface area (TPSA) is 63.2 Å². The molecule has 0 saturated heterocycles. The minimum atomic E-state index is -0.178. The fraction of sp³-hybridized carbons (Fsp3) is 0.409. The van der Waals surface area contributed by atoms with Gasteiger partial charge in [-0.25, -0.2) is 0 Å². The first kappa shape index (κ1) is 26.2. The Hall–Kier alpha value is -1.86. The summed E-state index contributed by atoms with van der Waals surface area (Å²) in [5.41, 5.74) is 0.264. The molecule has 0 aliphatic heterocycles. The molecule has 2 rings (SSSR count). The molecule has 2 aromatic carbocycles. The van der Waals surface area contributed by atoms with Gasteiger partial charge in [-0.2, -0.15) is 0 Å². The molecular formula is C22H29LiO6P+. The van der Waals surface area contributed by atoms with Crippen LogP contribution < -0.4 is 47.8 Å². The first-order valence-electron chi connectivity index (χ1n) is 9.37. The second-order valence-electron chi connectivity index (χ2n) is 6.85. The van der Waals surface area contributed by atoms with Gasteiger partial charge in [0.25, 0.3) is 0 Å². The van der Waals surface area contributed by atoms with Crippen LogP contribution in [0.1, 0.15) is 38.1 Å². The molecule has 0 aliphatic carbocycles. The van der Waals surface area contributed by atoms with Gasteiger partial charge in [0.05, 0.1) is 33.5 Å². The second-order valence-corrected chi connectivity index (χ2v) is 8.10. The number of methoxy groups -OCH3 is 3. The average molecular weight is 427 g/mol. The van der Waals surface area contributed by atoms with Crippen LogP contribution in [0.4, 0.5) is 0 Å². The van der Waals surface area contributed by atoms with Crippen molar-refractivity contribution in [2.45, 2.75) is 39.9 Å². The van der Waals surface area contributed by atoms with Gasteiger partial charge in [0.2, 0.25) is 0 Å². The molecule has 1 atom stereocenters. The SMILES string of the molecule is COc1cc(OC)c(C(=O)Pc2ccc(OC(C)C)cc2OC(C)C)c(OC)c1.[Li+]. The van der Waals surface area contributed by atoms with Crippen molar-refractivity contribution < 1.29 is 47.3 Å². The molecule has 1 unspecified atom stereocenters. The standard InChI is InChI=1S/C22H29O6P.Li/c1-13(2)27-15-8-9-20(17(10-15)28-14(3)4)29-22(23)21-18(25-6)11-16(24-5)12-19(21)26-7;/h8-14,29H,1-7H3;/q;+1. The van der Waals surface area contributed by atoms with E-state index in [4.69, 9.17) is 23.7 Å². The Balaban J connectivity index is 0.00000450. The summed E-state index contributed by atoms with van der Waals surface area (Å²) in [7, 11) is 4.40. The Kier molecular flexibility index (Phi) is 10.6. The molecule has 2 aromatic rings.